The number of aryl methyl sites for hydroxylation is 1. The lowest BCUT2D eigenvalue weighted by Gasteiger charge is -2.30. The molecular formula is C15H21N5O4. The molecule has 1 aliphatic heterocycles. The van der Waals surface area contributed by atoms with Crippen molar-refractivity contribution < 1.29 is 18.8 Å². The van der Waals surface area contributed by atoms with E-state index in [9.17, 15) is 4.79 Å². The van der Waals surface area contributed by atoms with Crippen LogP contribution in [0.15, 0.2) is 10.9 Å². The molecule has 3 heterocycles. The number of morpholine rings is 1. The smallest absolute Gasteiger partial charge is 0.325 e. The molecule has 0 amide bonds. The highest BCUT2D eigenvalue weighted by atomic mass is 16.5. The summed E-state index contributed by atoms with van der Waals surface area (Å²) in [6.45, 7) is 6.62. The molecule has 0 aromatic carbocycles. The van der Waals surface area contributed by atoms with Crippen LogP contribution in [0.25, 0.3) is 11.1 Å². The molecule has 0 N–H and O–H groups in total. The van der Waals surface area contributed by atoms with Crippen LogP contribution >= 0.6 is 0 Å². The van der Waals surface area contributed by atoms with Crippen LogP contribution in [0.2, 0.25) is 0 Å². The molecule has 1 saturated heterocycles. The molecule has 0 saturated carbocycles. The van der Waals surface area contributed by atoms with Crippen LogP contribution in [0, 0.1) is 6.92 Å². The SMILES string of the molecule is COC(=O)CN(CCN1CCOCC1)c1ncnc2onc(C)c12. The van der Waals surface area contributed by atoms with Crippen molar-refractivity contribution in [3.05, 3.63) is 12.0 Å². The largest absolute Gasteiger partial charge is 0.468 e. The molecule has 130 valence electrons. The van der Waals surface area contributed by atoms with Gasteiger partial charge < -0.3 is 18.9 Å². The van der Waals surface area contributed by atoms with Crippen molar-refractivity contribution in [3.8, 4) is 0 Å². The van der Waals surface area contributed by atoms with Crippen molar-refractivity contribution in [1.82, 2.24) is 20.0 Å². The van der Waals surface area contributed by atoms with Crippen LogP contribution in [0.3, 0.4) is 0 Å². The van der Waals surface area contributed by atoms with Gasteiger partial charge in [0.05, 0.1) is 26.0 Å². The van der Waals surface area contributed by atoms with E-state index in [-0.39, 0.29) is 12.5 Å². The predicted octanol–water partition coefficient (Wildman–Crippen LogP) is 0.238. The highest BCUT2D eigenvalue weighted by molar-refractivity contribution is 5.89. The number of aromatic nitrogens is 3. The standard InChI is InChI=1S/C15H21N5O4/c1-11-13-14(16-10-17-15(13)24-18-11)20(9-12(21)22-2)4-3-19-5-7-23-8-6-19/h10H,3-9H2,1-2H3. The van der Waals surface area contributed by atoms with E-state index in [0.29, 0.717) is 23.8 Å². The van der Waals surface area contributed by atoms with Gasteiger partial charge in [-0.25, -0.2) is 4.98 Å². The topological polar surface area (TPSA) is 93.8 Å². The van der Waals surface area contributed by atoms with Crippen LogP contribution in [0.1, 0.15) is 5.69 Å². The number of nitrogens with zero attached hydrogens (tertiary/aromatic N) is 5. The maximum Gasteiger partial charge on any atom is 0.325 e. The number of carbonyl (C=O) groups excluding carboxylic acids is 1. The first-order valence-corrected chi connectivity index (χ1v) is 7.88. The summed E-state index contributed by atoms with van der Waals surface area (Å²) in [7, 11) is 1.38. The van der Waals surface area contributed by atoms with Crippen LogP contribution < -0.4 is 4.90 Å². The van der Waals surface area contributed by atoms with Crippen LogP contribution in [-0.2, 0) is 14.3 Å². The Hall–Kier alpha value is -2.26. The van der Waals surface area contributed by atoms with Gasteiger partial charge in [-0.2, -0.15) is 4.98 Å². The van der Waals surface area contributed by atoms with E-state index in [4.69, 9.17) is 14.0 Å². The number of anilines is 1. The van der Waals surface area contributed by atoms with Crippen LogP contribution in [0.4, 0.5) is 5.82 Å². The van der Waals surface area contributed by atoms with Gasteiger partial charge in [-0.05, 0) is 6.92 Å². The van der Waals surface area contributed by atoms with E-state index in [2.05, 4.69) is 20.0 Å². The maximum atomic E-state index is 11.8. The second kappa shape index (κ2) is 7.54. The van der Waals surface area contributed by atoms with Crippen molar-refractivity contribution in [2.75, 3.05) is 57.9 Å². The summed E-state index contributed by atoms with van der Waals surface area (Å²) in [6.07, 6.45) is 1.42. The summed E-state index contributed by atoms with van der Waals surface area (Å²) in [4.78, 5) is 24.4. The van der Waals surface area contributed by atoms with Crippen molar-refractivity contribution in [1.29, 1.82) is 0 Å². The molecular weight excluding hydrogens is 314 g/mol. The fraction of sp³-hybridized carbons (Fsp3) is 0.600. The summed E-state index contributed by atoms with van der Waals surface area (Å²) in [5, 5.41) is 4.67. The lowest BCUT2D eigenvalue weighted by atomic mass is 10.2. The first-order valence-electron chi connectivity index (χ1n) is 7.88. The zero-order valence-electron chi connectivity index (χ0n) is 13.9. The lowest BCUT2D eigenvalue weighted by molar-refractivity contribution is -0.139. The molecule has 1 fully saturated rings. The lowest BCUT2D eigenvalue weighted by Crippen LogP contribution is -2.43. The van der Waals surface area contributed by atoms with E-state index in [1.165, 1.54) is 13.4 Å². The predicted molar refractivity (Wildman–Crippen MR) is 85.8 cm³/mol. The Bertz CT molecular complexity index is 698. The zero-order chi connectivity index (χ0) is 16.9. The van der Waals surface area contributed by atoms with Crippen LogP contribution in [0.5, 0.6) is 0 Å². The van der Waals surface area contributed by atoms with Crippen molar-refractivity contribution in [3.63, 3.8) is 0 Å². The minimum atomic E-state index is -0.321. The second-order valence-corrected chi connectivity index (χ2v) is 5.60. The fourth-order valence-electron chi connectivity index (χ4n) is 2.71. The zero-order valence-corrected chi connectivity index (χ0v) is 13.9. The van der Waals surface area contributed by atoms with Crippen molar-refractivity contribution in [2.24, 2.45) is 0 Å². The molecule has 0 radical (unpaired) electrons. The number of hydrogen-bond donors (Lipinski definition) is 0. The number of esters is 1. The normalized spacial score (nSPS) is 15.6. The average Bonchev–Trinajstić information content (AvgIpc) is 3.00. The highest BCUT2D eigenvalue weighted by Crippen LogP contribution is 2.25. The monoisotopic (exact) mass is 335 g/mol. The molecule has 2 aromatic rings. The maximum absolute atomic E-state index is 11.8. The number of hydrogen-bond acceptors (Lipinski definition) is 9. The third-order valence-corrected chi connectivity index (χ3v) is 4.06. The Balaban J connectivity index is 1.82. The molecule has 24 heavy (non-hydrogen) atoms. The van der Waals surface area contributed by atoms with Crippen LogP contribution in [-0.4, -0.2) is 79.0 Å². The number of fused-ring (bicyclic) bond motifs is 1. The summed E-state index contributed by atoms with van der Waals surface area (Å²) in [5.41, 5.74) is 1.11. The molecule has 0 bridgehead atoms. The molecule has 9 heteroatoms. The van der Waals surface area contributed by atoms with Gasteiger partial charge in [0.2, 0.25) is 0 Å². The molecule has 0 spiro atoms. The summed E-state index contributed by atoms with van der Waals surface area (Å²) >= 11 is 0. The fourth-order valence-corrected chi connectivity index (χ4v) is 2.71. The minimum Gasteiger partial charge on any atom is -0.468 e. The van der Waals surface area contributed by atoms with E-state index in [1.54, 1.807) is 0 Å². The Morgan fingerprint density at radius 1 is 1.38 bits per heavy atom. The molecule has 3 rings (SSSR count). The first-order chi connectivity index (χ1) is 11.7. The molecule has 0 aliphatic carbocycles. The highest BCUT2D eigenvalue weighted by Gasteiger charge is 2.21. The van der Waals surface area contributed by atoms with Gasteiger partial charge >= 0.3 is 5.97 Å². The molecule has 9 nitrogen and oxygen atoms in total. The number of methoxy groups -OCH3 is 1. The van der Waals surface area contributed by atoms with Crippen molar-refractivity contribution in [2.45, 2.75) is 6.92 Å². The first kappa shape index (κ1) is 16.6. The molecule has 0 atom stereocenters. The van der Waals surface area contributed by atoms with Gasteiger partial charge in [0.15, 0.2) is 0 Å². The van der Waals surface area contributed by atoms with E-state index in [1.807, 2.05) is 11.8 Å². The van der Waals surface area contributed by atoms with Gasteiger partial charge in [-0.3, -0.25) is 9.69 Å². The van der Waals surface area contributed by atoms with Gasteiger partial charge in [-0.15, -0.1) is 0 Å². The molecule has 0 unspecified atom stereocenters. The van der Waals surface area contributed by atoms with E-state index in [0.717, 1.165) is 38.2 Å². The van der Waals surface area contributed by atoms with E-state index >= 15 is 0 Å². The molecule has 2 aromatic heterocycles. The summed E-state index contributed by atoms with van der Waals surface area (Å²) in [5.74, 6) is 0.315. The van der Waals surface area contributed by atoms with Gasteiger partial charge in [0.25, 0.3) is 5.71 Å². The minimum absolute atomic E-state index is 0.109. The van der Waals surface area contributed by atoms with Crippen molar-refractivity contribution >= 4 is 22.9 Å². The Morgan fingerprint density at radius 3 is 2.92 bits per heavy atom. The summed E-state index contributed by atoms with van der Waals surface area (Å²) in [6, 6.07) is 0. The summed E-state index contributed by atoms with van der Waals surface area (Å²) < 4.78 is 15.4. The quantitative estimate of drug-likeness (QED) is 0.688. The Labute approximate surface area is 139 Å². The number of carbonyl (C=O) groups is 1. The van der Waals surface area contributed by atoms with Gasteiger partial charge in [0.1, 0.15) is 24.1 Å². The Kier molecular flexibility index (Phi) is 5.21. The number of rotatable bonds is 6. The third-order valence-electron chi connectivity index (χ3n) is 4.06. The second-order valence-electron chi connectivity index (χ2n) is 5.60. The van der Waals surface area contributed by atoms with Gasteiger partial charge in [0, 0.05) is 26.2 Å². The average molecular weight is 335 g/mol. The van der Waals surface area contributed by atoms with Gasteiger partial charge in [-0.1, -0.05) is 5.16 Å². The third kappa shape index (κ3) is 3.62. The number of ether oxygens (including phenoxy) is 2. The Morgan fingerprint density at radius 2 is 2.17 bits per heavy atom. The molecule has 1 aliphatic rings. The van der Waals surface area contributed by atoms with E-state index < -0.39 is 0 Å².